The van der Waals surface area contributed by atoms with E-state index in [0.29, 0.717) is 17.7 Å². The summed E-state index contributed by atoms with van der Waals surface area (Å²) in [5.74, 6) is -1.03. The first-order valence-electron chi connectivity index (χ1n) is 10.2. The summed E-state index contributed by atoms with van der Waals surface area (Å²) < 4.78 is 0. The van der Waals surface area contributed by atoms with Crippen molar-refractivity contribution in [3.8, 4) is 0 Å². The first kappa shape index (κ1) is 20.6. The number of fused-ring (bicyclic) bond motifs is 2. The Labute approximate surface area is 180 Å². The topological polar surface area (TPSA) is 98.8 Å². The molecule has 5 amide bonds. The maximum absolute atomic E-state index is 13.2. The summed E-state index contributed by atoms with van der Waals surface area (Å²) in [6, 6.07) is 13.5. The van der Waals surface area contributed by atoms with Gasteiger partial charge in [-0.3, -0.25) is 19.3 Å². The first-order chi connectivity index (χ1) is 14.8. The minimum Gasteiger partial charge on any atom is -0.345 e. The molecular weight excluding hydrogens is 396 g/mol. The molecule has 4 rings (SSSR count). The van der Waals surface area contributed by atoms with E-state index in [4.69, 9.17) is 0 Å². The number of imide groups is 1. The Bertz CT molecular complexity index is 1060. The van der Waals surface area contributed by atoms with Gasteiger partial charge in [-0.2, -0.15) is 0 Å². The molecule has 1 heterocycles. The van der Waals surface area contributed by atoms with Crippen molar-refractivity contribution in [2.24, 2.45) is 0 Å². The number of hydrogen-bond donors (Lipinski definition) is 2. The second-order valence-electron chi connectivity index (χ2n) is 8.06. The second-order valence-corrected chi connectivity index (χ2v) is 8.06. The van der Waals surface area contributed by atoms with Gasteiger partial charge in [0, 0.05) is 25.3 Å². The van der Waals surface area contributed by atoms with Crippen LogP contribution in [0.5, 0.6) is 0 Å². The molecule has 1 aliphatic carbocycles. The average Bonchev–Trinajstić information content (AvgIpc) is 2.98. The number of carbonyl (C=O) groups excluding carboxylic acids is 4. The largest absolute Gasteiger partial charge is 0.345 e. The van der Waals surface area contributed by atoms with E-state index in [-0.39, 0.29) is 12.5 Å². The zero-order valence-corrected chi connectivity index (χ0v) is 17.5. The van der Waals surface area contributed by atoms with Crippen molar-refractivity contribution in [3.63, 3.8) is 0 Å². The zero-order chi connectivity index (χ0) is 22.2. The average molecular weight is 420 g/mol. The standard InChI is InChI=1S/C23H24N4O4/c1-26(2)20(29)16-9-11-17(12-10-16)24-19(28)14-27-21(30)23(25-22(27)31)13-5-7-15-6-3-4-8-18(15)23/h3-4,6,8-12H,5,7,13-14H2,1-2H3,(H,24,28)(H,25,31)/t23-/m0/s1. The van der Waals surface area contributed by atoms with Crippen molar-refractivity contribution in [1.29, 1.82) is 0 Å². The molecule has 0 unspecified atom stereocenters. The Morgan fingerprint density at radius 2 is 1.81 bits per heavy atom. The van der Waals surface area contributed by atoms with E-state index in [2.05, 4.69) is 10.6 Å². The summed E-state index contributed by atoms with van der Waals surface area (Å²) in [5.41, 5.74) is 1.73. The van der Waals surface area contributed by atoms with E-state index in [9.17, 15) is 19.2 Å². The van der Waals surface area contributed by atoms with Crippen molar-refractivity contribution < 1.29 is 19.2 Å². The van der Waals surface area contributed by atoms with Crippen LogP contribution in [0, 0.1) is 0 Å². The maximum atomic E-state index is 13.2. The van der Waals surface area contributed by atoms with Crippen LogP contribution >= 0.6 is 0 Å². The van der Waals surface area contributed by atoms with Gasteiger partial charge in [-0.1, -0.05) is 24.3 Å². The number of aryl methyl sites for hydroxylation is 1. The van der Waals surface area contributed by atoms with Crippen LogP contribution in [-0.2, 0) is 21.5 Å². The van der Waals surface area contributed by atoms with Gasteiger partial charge >= 0.3 is 6.03 Å². The highest BCUT2D eigenvalue weighted by Gasteiger charge is 2.54. The highest BCUT2D eigenvalue weighted by Crippen LogP contribution is 2.39. The molecule has 1 saturated heterocycles. The molecule has 2 N–H and O–H groups in total. The monoisotopic (exact) mass is 420 g/mol. The van der Waals surface area contributed by atoms with E-state index in [1.807, 2.05) is 24.3 Å². The molecule has 2 aromatic rings. The zero-order valence-electron chi connectivity index (χ0n) is 17.5. The second kappa shape index (κ2) is 7.86. The van der Waals surface area contributed by atoms with Gasteiger partial charge in [0.1, 0.15) is 12.1 Å². The molecule has 8 heteroatoms. The van der Waals surface area contributed by atoms with Crippen LogP contribution in [0.1, 0.15) is 34.3 Å². The third-order valence-electron chi connectivity index (χ3n) is 5.77. The molecule has 1 fully saturated rings. The summed E-state index contributed by atoms with van der Waals surface area (Å²) in [4.78, 5) is 52.8. The van der Waals surface area contributed by atoms with Gasteiger partial charge in [0.25, 0.3) is 11.8 Å². The van der Waals surface area contributed by atoms with Crippen molar-refractivity contribution >= 4 is 29.4 Å². The number of amides is 5. The van der Waals surface area contributed by atoms with Crippen LogP contribution in [0.25, 0.3) is 0 Å². The van der Waals surface area contributed by atoms with Crippen molar-refractivity contribution in [2.45, 2.75) is 24.8 Å². The van der Waals surface area contributed by atoms with Gasteiger partial charge in [-0.25, -0.2) is 4.79 Å². The summed E-state index contributed by atoms with van der Waals surface area (Å²) >= 11 is 0. The quantitative estimate of drug-likeness (QED) is 0.740. The van der Waals surface area contributed by atoms with Crippen molar-refractivity contribution in [3.05, 3.63) is 65.2 Å². The van der Waals surface area contributed by atoms with E-state index in [1.54, 1.807) is 38.4 Å². The van der Waals surface area contributed by atoms with Crippen LogP contribution in [0.4, 0.5) is 10.5 Å². The number of carbonyl (C=O) groups is 4. The minimum atomic E-state index is -1.10. The Hall–Kier alpha value is -3.68. The van der Waals surface area contributed by atoms with E-state index in [1.165, 1.54) is 4.90 Å². The molecule has 2 aliphatic rings. The molecule has 31 heavy (non-hydrogen) atoms. The number of rotatable bonds is 4. The summed E-state index contributed by atoms with van der Waals surface area (Å²) in [7, 11) is 3.32. The first-order valence-corrected chi connectivity index (χ1v) is 10.2. The molecule has 0 saturated carbocycles. The molecule has 0 radical (unpaired) electrons. The summed E-state index contributed by atoms with van der Waals surface area (Å²) in [6.45, 7) is -0.382. The number of hydrogen-bond acceptors (Lipinski definition) is 4. The van der Waals surface area contributed by atoms with Gasteiger partial charge < -0.3 is 15.5 Å². The van der Waals surface area contributed by atoms with Gasteiger partial charge in [-0.05, 0) is 54.7 Å². The molecule has 2 aromatic carbocycles. The van der Waals surface area contributed by atoms with Gasteiger partial charge in [0.15, 0.2) is 0 Å². The summed E-state index contributed by atoms with van der Waals surface area (Å²) in [6.07, 6.45) is 2.14. The van der Waals surface area contributed by atoms with Gasteiger partial charge in [0.05, 0.1) is 0 Å². The van der Waals surface area contributed by atoms with Crippen molar-refractivity contribution in [2.75, 3.05) is 26.0 Å². The highest BCUT2D eigenvalue weighted by molar-refractivity contribution is 6.10. The predicted octanol–water partition coefficient (Wildman–Crippen LogP) is 2.11. The smallest absolute Gasteiger partial charge is 0.325 e. The van der Waals surface area contributed by atoms with Crippen LogP contribution in [-0.4, -0.2) is 54.2 Å². The van der Waals surface area contributed by atoms with Crippen LogP contribution in [0.2, 0.25) is 0 Å². The normalized spacial score (nSPS) is 19.7. The maximum Gasteiger partial charge on any atom is 0.325 e. The molecule has 1 aliphatic heterocycles. The van der Waals surface area contributed by atoms with Crippen molar-refractivity contribution in [1.82, 2.24) is 15.1 Å². The number of anilines is 1. The molecule has 160 valence electrons. The third kappa shape index (κ3) is 3.65. The number of nitrogens with zero attached hydrogens (tertiary/aromatic N) is 2. The Morgan fingerprint density at radius 1 is 1.10 bits per heavy atom. The fourth-order valence-electron chi connectivity index (χ4n) is 4.25. The lowest BCUT2D eigenvalue weighted by molar-refractivity contribution is -0.134. The minimum absolute atomic E-state index is 0.143. The molecule has 0 aromatic heterocycles. The lowest BCUT2D eigenvalue weighted by atomic mass is 9.76. The lowest BCUT2D eigenvalue weighted by Gasteiger charge is -2.33. The van der Waals surface area contributed by atoms with Crippen LogP contribution in [0.15, 0.2) is 48.5 Å². The lowest BCUT2D eigenvalue weighted by Crippen LogP contribution is -2.47. The predicted molar refractivity (Wildman–Crippen MR) is 114 cm³/mol. The number of urea groups is 1. The fourth-order valence-corrected chi connectivity index (χ4v) is 4.25. The molecule has 1 spiro atoms. The van der Waals surface area contributed by atoms with Crippen LogP contribution in [0.3, 0.4) is 0 Å². The third-order valence-corrected chi connectivity index (χ3v) is 5.77. The van der Waals surface area contributed by atoms with E-state index < -0.39 is 23.4 Å². The number of nitrogens with one attached hydrogen (secondary N) is 2. The Morgan fingerprint density at radius 3 is 2.52 bits per heavy atom. The summed E-state index contributed by atoms with van der Waals surface area (Å²) in [5, 5.41) is 5.52. The fraction of sp³-hybridized carbons (Fsp3) is 0.304. The number of benzene rings is 2. The van der Waals surface area contributed by atoms with E-state index in [0.717, 1.165) is 28.9 Å². The highest BCUT2D eigenvalue weighted by atomic mass is 16.2. The van der Waals surface area contributed by atoms with Crippen LogP contribution < -0.4 is 10.6 Å². The molecule has 0 bridgehead atoms. The molecular formula is C23H24N4O4. The van der Waals surface area contributed by atoms with E-state index >= 15 is 0 Å². The Balaban J connectivity index is 1.47. The Kier molecular flexibility index (Phi) is 5.22. The SMILES string of the molecule is CN(C)C(=O)c1ccc(NC(=O)CN2C(=O)N[C@]3(CCCc4ccccc43)C2=O)cc1. The van der Waals surface area contributed by atoms with Gasteiger partial charge in [0.2, 0.25) is 5.91 Å². The molecule has 8 nitrogen and oxygen atoms in total. The molecule has 1 atom stereocenters. The van der Waals surface area contributed by atoms with Gasteiger partial charge in [-0.15, -0.1) is 0 Å².